The fourth-order valence-electron chi connectivity index (χ4n) is 1.34. The molecular formula is C11H10N4O3. The predicted octanol–water partition coefficient (Wildman–Crippen LogP) is 0.766. The molecule has 0 aliphatic carbocycles. The summed E-state index contributed by atoms with van der Waals surface area (Å²) in [6, 6.07) is 4.33. The van der Waals surface area contributed by atoms with Gasteiger partial charge in [0.2, 0.25) is 0 Å². The SMILES string of the molecule is Cn1nccc1NC(=O)c1ccc(C(=O)O)nc1. The van der Waals surface area contributed by atoms with E-state index in [1.54, 1.807) is 19.3 Å². The van der Waals surface area contributed by atoms with Crippen molar-refractivity contribution < 1.29 is 14.7 Å². The number of hydrogen-bond acceptors (Lipinski definition) is 4. The Morgan fingerprint density at radius 3 is 2.61 bits per heavy atom. The molecule has 0 saturated heterocycles. The molecule has 0 saturated carbocycles. The van der Waals surface area contributed by atoms with Crippen molar-refractivity contribution >= 4 is 17.7 Å². The fourth-order valence-corrected chi connectivity index (χ4v) is 1.34. The third kappa shape index (κ3) is 2.34. The van der Waals surface area contributed by atoms with Gasteiger partial charge in [0.05, 0.1) is 11.8 Å². The topological polar surface area (TPSA) is 97.1 Å². The van der Waals surface area contributed by atoms with Crippen LogP contribution in [0.2, 0.25) is 0 Å². The van der Waals surface area contributed by atoms with Crippen molar-refractivity contribution in [3.8, 4) is 0 Å². The van der Waals surface area contributed by atoms with Gasteiger partial charge in [-0.15, -0.1) is 0 Å². The van der Waals surface area contributed by atoms with E-state index in [4.69, 9.17) is 5.11 Å². The van der Waals surface area contributed by atoms with E-state index in [0.717, 1.165) is 0 Å². The number of aryl methyl sites for hydroxylation is 1. The average molecular weight is 246 g/mol. The number of anilines is 1. The lowest BCUT2D eigenvalue weighted by atomic mass is 10.2. The molecule has 2 N–H and O–H groups in total. The third-order valence-corrected chi connectivity index (χ3v) is 2.31. The first-order valence-electron chi connectivity index (χ1n) is 5.06. The molecule has 1 amide bonds. The van der Waals surface area contributed by atoms with Crippen molar-refractivity contribution in [3.63, 3.8) is 0 Å². The first-order valence-corrected chi connectivity index (χ1v) is 5.06. The summed E-state index contributed by atoms with van der Waals surface area (Å²) in [6.07, 6.45) is 2.77. The maximum atomic E-state index is 11.8. The number of carboxylic acids is 1. The molecule has 0 unspecified atom stereocenters. The molecule has 2 aromatic rings. The van der Waals surface area contributed by atoms with Crippen molar-refractivity contribution in [1.82, 2.24) is 14.8 Å². The van der Waals surface area contributed by atoms with Crippen LogP contribution in [0.4, 0.5) is 5.82 Å². The van der Waals surface area contributed by atoms with Gasteiger partial charge in [0.25, 0.3) is 5.91 Å². The van der Waals surface area contributed by atoms with Crippen LogP contribution < -0.4 is 5.32 Å². The summed E-state index contributed by atoms with van der Waals surface area (Å²) in [5.41, 5.74) is 0.174. The molecule has 2 aromatic heterocycles. The molecule has 0 radical (unpaired) electrons. The van der Waals surface area contributed by atoms with Gasteiger partial charge >= 0.3 is 5.97 Å². The Bertz CT molecular complexity index is 589. The minimum Gasteiger partial charge on any atom is -0.477 e. The molecule has 7 nitrogen and oxygen atoms in total. The monoisotopic (exact) mass is 246 g/mol. The second-order valence-corrected chi connectivity index (χ2v) is 3.53. The van der Waals surface area contributed by atoms with E-state index < -0.39 is 5.97 Å². The largest absolute Gasteiger partial charge is 0.477 e. The summed E-state index contributed by atoms with van der Waals surface area (Å²) >= 11 is 0. The average Bonchev–Trinajstić information content (AvgIpc) is 2.75. The van der Waals surface area contributed by atoms with Crippen molar-refractivity contribution in [2.24, 2.45) is 7.05 Å². The molecule has 18 heavy (non-hydrogen) atoms. The zero-order valence-corrected chi connectivity index (χ0v) is 9.49. The molecule has 0 bridgehead atoms. The predicted molar refractivity (Wildman–Crippen MR) is 62.4 cm³/mol. The van der Waals surface area contributed by atoms with Crippen molar-refractivity contribution in [2.45, 2.75) is 0 Å². The van der Waals surface area contributed by atoms with Crippen LogP contribution in [-0.4, -0.2) is 31.7 Å². The molecule has 92 valence electrons. The van der Waals surface area contributed by atoms with Crippen LogP contribution in [0.1, 0.15) is 20.8 Å². The number of amides is 1. The second-order valence-electron chi connectivity index (χ2n) is 3.53. The molecule has 2 rings (SSSR count). The van der Waals surface area contributed by atoms with Crippen LogP contribution >= 0.6 is 0 Å². The number of carboxylic acid groups (broad SMARTS) is 1. The first kappa shape index (κ1) is 11.8. The molecule has 2 heterocycles. The quantitative estimate of drug-likeness (QED) is 0.833. The third-order valence-electron chi connectivity index (χ3n) is 2.31. The number of carbonyl (C=O) groups excluding carboxylic acids is 1. The van der Waals surface area contributed by atoms with Crippen LogP contribution in [0.5, 0.6) is 0 Å². The Morgan fingerprint density at radius 2 is 2.11 bits per heavy atom. The number of carbonyl (C=O) groups is 2. The lowest BCUT2D eigenvalue weighted by Crippen LogP contribution is -2.15. The lowest BCUT2D eigenvalue weighted by Gasteiger charge is -2.04. The van der Waals surface area contributed by atoms with Crippen molar-refractivity contribution in [1.29, 1.82) is 0 Å². The summed E-state index contributed by atoms with van der Waals surface area (Å²) < 4.78 is 1.51. The Hall–Kier alpha value is -2.70. The first-order chi connectivity index (χ1) is 8.58. The van der Waals surface area contributed by atoms with Gasteiger partial charge in [-0.2, -0.15) is 5.10 Å². The molecule has 0 spiro atoms. The number of aromatic carboxylic acids is 1. The molecule has 7 heteroatoms. The van der Waals surface area contributed by atoms with E-state index in [0.29, 0.717) is 5.82 Å². The van der Waals surface area contributed by atoms with E-state index >= 15 is 0 Å². The van der Waals surface area contributed by atoms with Crippen LogP contribution in [0, 0.1) is 0 Å². The summed E-state index contributed by atoms with van der Waals surface area (Å²) in [5, 5.41) is 15.2. The van der Waals surface area contributed by atoms with Crippen LogP contribution in [0.25, 0.3) is 0 Å². The number of hydrogen-bond donors (Lipinski definition) is 2. The number of pyridine rings is 1. The Labute approximate surface area is 102 Å². The zero-order valence-electron chi connectivity index (χ0n) is 9.49. The number of nitrogens with one attached hydrogen (secondary N) is 1. The van der Waals surface area contributed by atoms with E-state index in [-0.39, 0.29) is 17.2 Å². The van der Waals surface area contributed by atoms with Gasteiger partial charge in [0.15, 0.2) is 0 Å². The standard InChI is InChI=1S/C11H10N4O3/c1-15-9(4-5-13-15)14-10(16)7-2-3-8(11(17)18)12-6-7/h2-6H,1H3,(H,14,16)(H,17,18). The Morgan fingerprint density at radius 1 is 1.33 bits per heavy atom. The van der Waals surface area contributed by atoms with Crippen molar-refractivity contribution in [3.05, 3.63) is 41.9 Å². The molecular weight excluding hydrogens is 236 g/mol. The van der Waals surface area contributed by atoms with Gasteiger partial charge < -0.3 is 10.4 Å². The van der Waals surface area contributed by atoms with Crippen LogP contribution in [-0.2, 0) is 7.05 Å². The van der Waals surface area contributed by atoms with E-state index in [9.17, 15) is 9.59 Å². The minimum absolute atomic E-state index is 0.105. The summed E-state index contributed by atoms with van der Waals surface area (Å²) in [6.45, 7) is 0. The minimum atomic E-state index is -1.13. The van der Waals surface area contributed by atoms with Gasteiger partial charge in [-0.1, -0.05) is 0 Å². The van der Waals surface area contributed by atoms with E-state index in [1.165, 1.54) is 23.0 Å². The molecule has 0 aliphatic heterocycles. The number of nitrogens with zero attached hydrogens (tertiary/aromatic N) is 3. The lowest BCUT2D eigenvalue weighted by molar-refractivity contribution is 0.0690. The van der Waals surface area contributed by atoms with Gasteiger partial charge in [0.1, 0.15) is 11.5 Å². The van der Waals surface area contributed by atoms with Crippen LogP contribution in [0.15, 0.2) is 30.6 Å². The van der Waals surface area contributed by atoms with Gasteiger partial charge in [-0.25, -0.2) is 9.78 Å². The highest BCUT2D eigenvalue weighted by Gasteiger charge is 2.10. The van der Waals surface area contributed by atoms with Gasteiger partial charge in [-0.05, 0) is 12.1 Å². The molecule has 0 aromatic carbocycles. The van der Waals surface area contributed by atoms with E-state index in [1.807, 2.05) is 0 Å². The second kappa shape index (κ2) is 4.66. The summed E-state index contributed by atoms with van der Waals surface area (Å²) in [5.74, 6) is -0.959. The number of rotatable bonds is 3. The normalized spacial score (nSPS) is 10.1. The summed E-state index contributed by atoms with van der Waals surface area (Å²) in [7, 11) is 1.70. The Kier molecular flexibility index (Phi) is 3.05. The molecule has 0 fully saturated rings. The maximum Gasteiger partial charge on any atom is 0.354 e. The Balaban J connectivity index is 2.14. The highest BCUT2D eigenvalue weighted by Crippen LogP contribution is 2.07. The number of aromatic nitrogens is 3. The van der Waals surface area contributed by atoms with Gasteiger partial charge in [0, 0.05) is 19.3 Å². The highest BCUT2D eigenvalue weighted by molar-refractivity contribution is 6.03. The van der Waals surface area contributed by atoms with Crippen molar-refractivity contribution in [2.75, 3.05) is 5.32 Å². The van der Waals surface area contributed by atoms with Gasteiger partial charge in [-0.3, -0.25) is 9.48 Å². The smallest absolute Gasteiger partial charge is 0.354 e. The van der Waals surface area contributed by atoms with Crippen LogP contribution in [0.3, 0.4) is 0 Å². The molecule has 0 atom stereocenters. The highest BCUT2D eigenvalue weighted by atomic mass is 16.4. The fraction of sp³-hybridized carbons (Fsp3) is 0.0909. The van der Waals surface area contributed by atoms with E-state index in [2.05, 4.69) is 15.4 Å². The maximum absolute atomic E-state index is 11.8. The molecule has 0 aliphatic rings. The zero-order chi connectivity index (χ0) is 13.1. The summed E-state index contributed by atoms with van der Waals surface area (Å²) in [4.78, 5) is 26.1.